The number of hydrogen-bond donors (Lipinski definition) is 2. The molecule has 1 amide bonds. The molecule has 126 valence electrons. The Hall–Kier alpha value is -1.20. The van der Waals surface area contributed by atoms with Crippen molar-refractivity contribution in [3.05, 3.63) is 27.2 Å². The monoisotopic (exact) mass is 333 g/mol. The molecule has 0 aliphatic carbocycles. The van der Waals surface area contributed by atoms with Crippen molar-refractivity contribution in [1.82, 2.24) is 15.6 Å². The van der Waals surface area contributed by atoms with Crippen LogP contribution in [0.15, 0.2) is 11.6 Å². The lowest BCUT2D eigenvalue weighted by atomic mass is 9.70. The first-order chi connectivity index (χ1) is 10.9. The summed E-state index contributed by atoms with van der Waals surface area (Å²) in [6.45, 7) is 8.84. The van der Waals surface area contributed by atoms with Crippen LogP contribution in [0.4, 0.5) is 0 Å². The number of thiazole rings is 1. The lowest BCUT2D eigenvalue weighted by molar-refractivity contribution is -0.132. The lowest BCUT2D eigenvalue weighted by Crippen LogP contribution is -2.48. The van der Waals surface area contributed by atoms with Crippen LogP contribution in [-0.4, -0.2) is 23.0 Å². The maximum Gasteiger partial charge on any atom is 0.228 e. The third kappa shape index (κ3) is 3.22. The zero-order valence-electron chi connectivity index (χ0n) is 14.5. The molecule has 23 heavy (non-hydrogen) atoms. The van der Waals surface area contributed by atoms with Crippen molar-refractivity contribution < 1.29 is 4.79 Å². The van der Waals surface area contributed by atoms with E-state index in [1.165, 1.54) is 16.9 Å². The largest absolute Gasteiger partial charge is 0.351 e. The molecule has 2 saturated heterocycles. The fourth-order valence-electron chi connectivity index (χ4n) is 4.03. The van der Waals surface area contributed by atoms with Crippen molar-refractivity contribution in [3.8, 4) is 0 Å². The predicted molar refractivity (Wildman–Crippen MR) is 94.5 cm³/mol. The molecule has 0 aromatic carbocycles. The molecule has 2 bridgehead atoms. The van der Waals surface area contributed by atoms with E-state index >= 15 is 0 Å². The molecule has 3 atom stereocenters. The zero-order chi connectivity index (χ0) is 16.6. The van der Waals surface area contributed by atoms with Crippen molar-refractivity contribution in [2.24, 2.45) is 5.41 Å². The predicted octanol–water partition coefficient (Wildman–Crippen LogP) is 3.24. The molecule has 3 heterocycles. The minimum absolute atomic E-state index is 0.208. The highest BCUT2D eigenvalue weighted by Gasteiger charge is 2.54. The number of aryl methyl sites for hydroxylation is 2. The van der Waals surface area contributed by atoms with Crippen molar-refractivity contribution in [1.29, 1.82) is 0 Å². The van der Waals surface area contributed by atoms with Gasteiger partial charge in [0.05, 0.1) is 22.7 Å². The van der Waals surface area contributed by atoms with Gasteiger partial charge >= 0.3 is 0 Å². The maximum atomic E-state index is 13.1. The standard InChI is InChI=1S/C18H27N3OS/c1-11(2)7-8-18(9-14-5-6-16(18)21-14)17(22)19-10-15-12(3)20-13(4)23-15/h7,14,16,21H,5-6,8-10H2,1-4H3,(H,19,22)/t14-,16+,18+/m0/s1. The number of hydrogen-bond acceptors (Lipinski definition) is 4. The Morgan fingerprint density at radius 2 is 2.22 bits per heavy atom. The van der Waals surface area contributed by atoms with Gasteiger partial charge in [-0.05, 0) is 53.4 Å². The summed E-state index contributed by atoms with van der Waals surface area (Å²) in [5, 5.41) is 7.91. The number of carbonyl (C=O) groups is 1. The minimum Gasteiger partial charge on any atom is -0.351 e. The van der Waals surface area contributed by atoms with Crippen LogP contribution in [0.3, 0.4) is 0 Å². The quantitative estimate of drug-likeness (QED) is 0.813. The van der Waals surface area contributed by atoms with Crippen LogP contribution in [0.25, 0.3) is 0 Å². The number of nitrogens with zero attached hydrogens (tertiary/aromatic N) is 1. The summed E-state index contributed by atoms with van der Waals surface area (Å²) < 4.78 is 0. The fourth-order valence-corrected chi connectivity index (χ4v) is 4.90. The highest BCUT2D eigenvalue weighted by Crippen LogP contribution is 2.46. The van der Waals surface area contributed by atoms with Crippen LogP contribution < -0.4 is 10.6 Å². The molecule has 2 N–H and O–H groups in total. The number of aromatic nitrogens is 1. The Morgan fingerprint density at radius 1 is 1.43 bits per heavy atom. The highest BCUT2D eigenvalue weighted by molar-refractivity contribution is 7.11. The van der Waals surface area contributed by atoms with Gasteiger partial charge in [-0.15, -0.1) is 11.3 Å². The first-order valence-corrected chi connectivity index (χ1v) is 9.33. The van der Waals surface area contributed by atoms with Gasteiger partial charge in [0, 0.05) is 17.0 Å². The molecule has 3 rings (SSSR count). The molecule has 2 fully saturated rings. The number of nitrogens with one attached hydrogen (secondary N) is 2. The Kier molecular flexibility index (Phi) is 4.61. The summed E-state index contributed by atoms with van der Waals surface area (Å²) in [6, 6.07) is 0.844. The minimum atomic E-state index is -0.270. The summed E-state index contributed by atoms with van der Waals surface area (Å²) in [7, 11) is 0. The SMILES string of the molecule is CC(C)=CC[C@@]1(C(=O)NCc2sc(C)nc2C)C[C@@H]2CC[C@H]1N2. The Balaban J connectivity index is 1.73. The number of fused-ring (bicyclic) bond motifs is 2. The smallest absolute Gasteiger partial charge is 0.228 e. The van der Waals surface area contributed by atoms with Gasteiger partial charge in [0.25, 0.3) is 0 Å². The molecule has 0 radical (unpaired) electrons. The van der Waals surface area contributed by atoms with Crippen molar-refractivity contribution in [3.63, 3.8) is 0 Å². The topological polar surface area (TPSA) is 54.0 Å². The third-order valence-electron chi connectivity index (χ3n) is 5.25. The second-order valence-electron chi connectivity index (χ2n) is 7.26. The molecule has 4 nitrogen and oxygen atoms in total. The van der Waals surface area contributed by atoms with Crippen molar-refractivity contribution in [2.75, 3.05) is 0 Å². The lowest BCUT2D eigenvalue weighted by Gasteiger charge is -2.34. The molecule has 0 saturated carbocycles. The first kappa shape index (κ1) is 16.7. The molecular weight excluding hydrogens is 306 g/mol. The van der Waals surface area contributed by atoms with Crippen molar-refractivity contribution >= 4 is 17.2 Å². The maximum absolute atomic E-state index is 13.1. The second-order valence-corrected chi connectivity index (χ2v) is 8.55. The summed E-state index contributed by atoms with van der Waals surface area (Å²) in [5.41, 5.74) is 2.06. The van der Waals surface area contributed by atoms with Crippen LogP contribution >= 0.6 is 11.3 Å². The molecular formula is C18H27N3OS. The summed E-state index contributed by atoms with van der Waals surface area (Å²) in [4.78, 5) is 18.7. The number of carbonyl (C=O) groups excluding carboxylic acids is 1. The van der Waals surface area contributed by atoms with Crippen molar-refractivity contribution in [2.45, 2.75) is 72.0 Å². The second kappa shape index (κ2) is 6.36. The van der Waals surface area contributed by atoms with Crippen LogP contribution in [-0.2, 0) is 11.3 Å². The van der Waals surface area contributed by atoms with Crippen LogP contribution in [0.5, 0.6) is 0 Å². The molecule has 2 aliphatic heterocycles. The van der Waals surface area contributed by atoms with Gasteiger partial charge in [-0.2, -0.15) is 0 Å². The van der Waals surface area contributed by atoms with Gasteiger partial charge in [0.1, 0.15) is 0 Å². The van der Waals surface area contributed by atoms with Gasteiger partial charge in [-0.25, -0.2) is 4.98 Å². The van der Waals surface area contributed by atoms with Gasteiger partial charge in [0.2, 0.25) is 5.91 Å². The van der Waals surface area contributed by atoms with Gasteiger partial charge in [-0.1, -0.05) is 11.6 Å². The van der Waals surface area contributed by atoms with E-state index in [4.69, 9.17) is 0 Å². The van der Waals surface area contributed by atoms with E-state index < -0.39 is 0 Å². The molecule has 1 aromatic rings. The summed E-state index contributed by atoms with van der Waals surface area (Å²) in [5.74, 6) is 0.208. The van der Waals surface area contributed by atoms with E-state index in [1.807, 2.05) is 13.8 Å². The summed E-state index contributed by atoms with van der Waals surface area (Å²) >= 11 is 1.68. The van der Waals surface area contributed by atoms with Gasteiger partial charge < -0.3 is 10.6 Å². The summed E-state index contributed by atoms with van der Waals surface area (Å²) in [6.07, 6.45) is 6.36. The fraction of sp³-hybridized carbons (Fsp3) is 0.667. The van der Waals surface area contributed by atoms with Gasteiger partial charge in [0.15, 0.2) is 0 Å². The molecule has 0 unspecified atom stereocenters. The van der Waals surface area contributed by atoms with E-state index in [1.54, 1.807) is 11.3 Å². The van der Waals surface area contributed by atoms with Gasteiger partial charge in [-0.3, -0.25) is 4.79 Å². The Morgan fingerprint density at radius 3 is 2.74 bits per heavy atom. The zero-order valence-corrected chi connectivity index (χ0v) is 15.3. The Labute approximate surface area is 142 Å². The molecule has 0 spiro atoms. The van der Waals surface area contributed by atoms with E-state index in [0.29, 0.717) is 18.6 Å². The Bertz CT molecular complexity index is 632. The molecule has 2 aliphatic rings. The van der Waals surface area contributed by atoms with Crippen LogP contribution in [0.1, 0.15) is 55.1 Å². The number of rotatable bonds is 5. The van der Waals surface area contributed by atoms with E-state index in [9.17, 15) is 4.79 Å². The number of allylic oxidation sites excluding steroid dienone is 2. The normalized spacial score (nSPS) is 28.9. The third-order valence-corrected chi connectivity index (χ3v) is 6.33. The average molecular weight is 334 g/mol. The molecule has 5 heteroatoms. The van der Waals surface area contributed by atoms with Crippen LogP contribution in [0.2, 0.25) is 0 Å². The number of amides is 1. The molecule has 1 aromatic heterocycles. The average Bonchev–Trinajstić information content (AvgIpc) is 3.17. The van der Waals surface area contributed by atoms with E-state index in [2.05, 4.69) is 35.5 Å². The first-order valence-electron chi connectivity index (χ1n) is 8.51. The highest BCUT2D eigenvalue weighted by atomic mass is 32.1. The van der Waals surface area contributed by atoms with E-state index in [0.717, 1.165) is 30.0 Å². The van der Waals surface area contributed by atoms with Crippen LogP contribution in [0, 0.1) is 19.3 Å². The van der Waals surface area contributed by atoms with E-state index in [-0.39, 0.29) is 11.3 Å².